The van der Waals surface area contributed by atoms with Crippen LogP contribution in [0.1, 0.15) is 0 Å². The molecule has 3 heteroatoms. The molecule has 0 aliphatic rings. The van der Waals surface area contributed by atoms with Gasteiger partial charge in [0.1, 0.15) is 0 Å². The number of halogens is 1. The van der Waals surface area contributed by atoms with Gasteiger partial charge < -0.3 is 0 Å². The molecule has 1 N–H and O–H groups in total. The van der Waals surface area contributed by atoms with E-state index in [-0.39, 0.29) is 0 Å². The van der Waals surface area contributed by atoms with Crippen molar-refractivity contribution in [3.05, 3.63) is 42.5 Å². The van der Waals surface area contributed by atoms with Gasteiger partial charge >= 0.3 is 6.16 Å². The lowest BCUT2D eigenvalue weighted by Crippen LogP contribution is -2.02. The van der Waals surface area contributed by atoms with Gasteiger partial charge in [0.25, 0.3) is 0 Å². The van der Waals surface area contributed by atoms with Gasteiger partial charge in [-0.1, -0.05) is 36.4 Å². The van der Waals surface area contributed by atoms with Gasteiger partial charge in [-0.25, -0.2) is 4.79 Å². The molecule has 0 heterocycles. The van der Waals surface area contributed by atoms with Gasteiger partial charge in [0.15, 0.2) is 0 Å². The summed E-state index contributed by atoms with van der Waals surface area (Å²) < 4.78 is 12.2. The van der Waals surface area contributed by atoms with E-state index in [2.05, 4.69) is 5.32 Å². The first-order valence-electron chi connectivity index (χ1n) is 4.21. The summed E-state index contributed by atoms with van der Waals surface area (Å²) in [4.78, 5) is 10.3. The van der Waals surface area contributed by atoms with Crippen LogP contribution in [0.4, 0.5) is 14.9 Å². The first-order chi connectivity index (χ1) is 6.77. The maximum absolute atomic E-state index is 12.2. The van der Waals surface area contributed by atoms with Crippen molar-refractivity contribution in [1.82, 2.24) is 0 Å². The lowest BCUT2D eigenvalue weighted by Gasteiger charge is -2.04. The molecule has 2 nitrogen and oxygen atoms in total. The van der Waals surface area contributed by atoms with Crippen LogP contribution in [0.25, 0.3) is 10.8 Å². The number of benzene rings is 2. The van der Waals surface area contributed by atoms with E-state index in [0.29, 0.717) is 5.69 Å². The minimum Gasteiger partial charge on any atom is -0.297 e. The van der Waals surface area contributed by atoms with E-state index in [9.17, 15) is 9.18 Å². The summed E-state index contributed by atoms with van der Waals surface area (Å²) >= 11 is 0. The van der Waals surface area contributed by atoms with Gasteiger partial charge in [0.05, 0.1) is 5.69 Å². The minimum atomic E-state index is -1.54. The Morgan fingerprint density at radius 2 is 1.79 bits per heavy atom. The average molecular weight is 189 g/mol. The van der Waals surface area contributed by atoms with Crippen LogP contribution in [0.5, 0.6) is 0 Å². The largest absolute Gasteiger partial charge is 0.401 e. The molecule has 1 amide bonds. The summed E-state index contributed by atoms with van der Waals surface area (Å²) in [6.45, 7) is 0. The molecule has 0 aromatic heterocycles. The first kappa shape index (κ1) is 8.69. The van der Waals surface area contributed by atoms with Gasteiger partial charge in [-0.3, -0.25) is 5.32 Å². The number of carbonyl (C=O) groups excluding carboxylic acids is 1. The number of hydrogen-bond donors (Lipinski definition) is 1. The van der Waals surface area contributed by atoms with Gasteiger partial charge in [0, 0.05) is 5.39 Å². The number of amides is 1. The van der Waals surface area contributed by atoms with Crippen LogP contribution >= 0.6 is 0 Å². The topological polar surface area (TPSA) is 29.1 Å². The van der Waals surface area contributed by atoms with Crippen LogP contribution in [-0.4, -0.2) is 6.16 Å². The summed E-state index contributed by atoms with van der Waals surface area (Å²) in [5, 5.41) is 3.95. The number of carbonyl (C=O) groups is 1. The Hall–Kier alpha value is -1.90. The predicted molar refractivity (Wildman–Crippen MR) is 54.1 cm³/mol. The Balaban J connectivity index is 2.59. The number of hydrogen-bond acceptors (Lipinski definition) is 1. The number of rotatable bonds is 1. The first-order valence-corrected chi connectivity index (χ1v) is 4.21. The van der Waals surface area contributed by atoms with Gasteiger partial charge in [0.2, 0.25) is 0 Å². The van der Waals surface area contributed by atoms with Crippen molar-refractivity contribution in [2.24, 2.45) is 0 Å². The highest BCUT2D eigenvalue weighted by Gasteiger charge is 2.02. The molecule has 0 saturated carbocycles. The Morgan fingerprint density at radius 1 is 1.07 bits per heavy atom. The minimum absolute atomic E-state index is 0.496. The van der Waals surface area contributed by atoms with Gasteiger partial charge in [-0.05, 0) is 11.5 Å². The third kappa shape index (κ3) is 1.57. The Labute approximate surface area is 80.4 Å². The van der Waals surface area contributed by atoms with E-state index < -0.39 is 6.16 Å². The van der Waals surface area contributed by atoms with Crippen molar-refractivity contribution >= 4 is 22.6 Å². The molecule has 2 rings (SSSR count). The maximum atomic E-state index is 12.2. The second-order valence-corrected chi connectivity index (χ2v) is 2.93. The molecule has 0 saturated heterocycles. The molecule has 0 spiro atoms. The SMILES string of the molecule is O=C(F)Nc1cccc2ccccc12. The monoisotopic (exact) mass is 189 g/mol. The van der Waals surface area contributed by atoms with E-state index in [4.69, 9.17) is 0 Å². The Kier molecular flexibility index (Phi) is 2.14. The van der Waals surface area contributed by atoms with Crippen LogP contribution in [0.15, 0.2) is 42.5 Å². The van der Waals surface area contributed by atoms with Crippen molar-refractivity contribution < 1.29 is 9.18 Å². The van der Waals surface area contributed by atoms with Crippen molar-refractivity contribution in [2.75, 3.05) is 5.32 Å². The molecular weight excluding hydrogens is 181 g/mol. The lowest BCUT2D eigenvalue weighted by atomic mass is 10.1. The summed E-state index contributed by atoms with van der Waals surface area (Å²) in [5.74, 6) is 0. The van der Waals surface area contributed by atoms with Crippen molar-refractivity contribution in [1.29, 1.82) is 0 Å². The molecule has 0 unspecified atom stereocenters. The molecule has 2 aromatic rings. The fraction of sp³-hybridized carbons (Fsp3) is 0. The van der Waals surface area contributed by atoms with E-state index in [0.717, 1.165) is 10.8 Å². The van der Waals surface area contributed by atoms with Crippen LogP contribution in [0, 0.1) is 0 Å². The molecule has 0 bridgehead atoms. The predicted octanol–water partition coefficient (Wildman–Crippen LogP) is 3.34. The zero-order valence-electron chi connectivity index (χ0n) is 7.33. The zero-order valence-corrected chi connectivity index (χ0v) is 7.33. The van der Waals surface area contributed by atoms with Crippen molar-refractivity contribution in [3.63, 3.8) is 0 Å². The van der Waals surface area contributed by atoms with Crippen LogP contribution in [0.2, 0.25) is 0 Å². The number of nitrogens with one attached hydrogen (secondary N) is 1. The second kappa shape index (κ2) is 3.46. The molecule has 0 fully saturated rings. The average Bonchev–Trinajstić information content (AvgIpc) is 2.18. The van der Waals surface area contributed by atoms with Crippen LogP contribution in [-0.2, 0) is 0 Å². The summed E-state index contributed by atoms with van der Waals surface area (Å²) in [6, 6.07) is 12.8. The zero-order chi connectivity index (χ0) is 9.97. The summed E-state index contributed by atoms with van der Waals surface area (Å²) in [7, 11) is 0. The molecule has 14 heavy (non-hydrogen) atoms. The summed E-state index contributed by atoms with van der Waals surface area (Å²) in [5.41, 5.74) is 0.496. The summed E-state index contributed by atoms with van der Waals surface area (Å²) in [6.07, 6.45) is -1.54. The molecule has 0 aliphatic heterocycles. The van der Waals surface area contributed by atoms with E-state index in [1.807, 2.05) is 30.3 Å². The van der Waals surface area contributed by atoms with Crippen LogP contribution in [0.3, 0.4) is 0 Å². The Bertz CT molecular complexity index is 476. The highest BCUT2D eigenvalue weighted by atomic mass is 19.1. The van der Waals surface area contributed by atoms with E-state index in [1.54, 1.807) is 12.1 Å². The fourth-order valence-corrected chi connectivity index (χ4v) is 1.44. The standard InChI is InChI=1S/C11H8FNO/c12-11(14)13-10-7-3-5-8-4-1-2-6-9(8)10/h1-7H,(H,13,14). The van der Waals surface area contributed by atoms with Crippen molar-refractivity contribution in [2.45, 2.75) is 0 Å². The molecular formula is C11H8FNO. The van der Waals surface area contributed by atoms with Gasteiger partial charge in [-0.15, -0.1) is 4.39 Å². The highest BCUT2D eigenvalue weighted by Crippen LogP contribution is 2.22. The van der Waals surface area contributed by atoms with E-state index in [1.165, 1.54) is 0 Å². The van der Waals surface area contributed by atoms with Crippen molar-refractivity contribution in [3.8, 4) is 0 Å². The number of anilines is 1. The molecule has 0 aliphatic carbocycles. The maximum Gasteiger partial charge on any atom is 0.401 e. The second-order valence-electron chi connectivity index (χ2n) is 2.93. The van der Waals surface area contributed by atoms with Gasteiger partial charge in [-0.2, -0.15) is 0 Å². The quantitative estimate of drug-likeness (QED) is 0.541. The smallest absolute Gasteiger partial charge is 0.297 e. The number of fused-ring (bicyclic) bond motifs is 1. The molecule has 0 atom stereocenters. The third-order valence-electron chi connectivity index (χ3n) is 2.02. The molecule has 2 aromatic carbocycles. The lowest BCUT2D eigenvalue weighted by molar-refractivity contribution is 0.235. The van der Waals surface area contributed by atoms with E-state index >= 15 is 0 Å². The highest BCUT2D eigenvalue weighted by molar-refractivity contribution is 5.99. The van der Waals surface area contributed by atoms with Crippen LogP contribution < -0.4 is 5.32 Å². The normalized spacial score (nSPS) is 10.1. The molecule has 0 radical (unpaired) electrons. The third-order valence-corrected chi connectivity index (χ3v) is 2.02. The Morgan fingerprint density at radius 3 is 2.57 bits per heavy atom. The molecule has 70 valence electrons. The fourth-order valence-electron chi connectivity index (χ4n) is 1.44.